The fourth-order valence-electron chi connectivity index (χ4n) is 3.91. The van der Waals surface area contributed by atoms with Gasteiger partial charge in [-0.05, 0) is 69.5 Å². The van der Waals surface area contributed by atoms with Crippen molar-refractivity contribution in [1.82, 2.24) is 9.47 Å². The van der Waals surface area contributed by atoms with E-state index in [4.69, 9.17) is 0 Å². The molecule has 4 nitrogen and oxygen atoms in total. The number of nitrogens with zero attached hydrogens (tertiary/aromatic N) is 2. The van der Waals surface area contributed by atoms with Gasteiger partial charge in [-0.15, -0.1) is 0 Å². The molecule has 1 fully saturated rings. The van der Waals surface area contributed by atoms with Gasteiger partial charge in [0.2, 0.25) is 0 Å². The van der Waals surface area contributed by atoms with Crippen LogP contribution in [-0.2, 0) is 6.54 Å². The molecule has 1 atom stereocenters. The molecule has 1 aliphatic rings. The van der Waals surface area contributed by atoms with Crippen molar-refractivity contribution in [2.24, 2.45) is 5.92 Å². The molecule has 0 amide bonds. The van der Waals surface area contributed by atoms with E-state index in [9.17, 15) is 14.3 Å². The van der Waals surface area contributed by atoms with Crippen LogP contribution in [0.2, 0.25) is 0 Å². The predicted octanol–water partition coefficient (Wildman–Crippen LogP) is 3.84. The van der Waals surface area contributed by atoms with Gasteiger partial charge in [-0.2, -0.15) is 0 Å². The lowest BCUT2D eigenvalue weighted by Gasteiger charge is -2.37. The Morgan fingerprint density at radius 3 is 2.42 bits per heavy atom. The summed E-state index contributed by atoms with van der Waals surface area (Å²) in [4.78, 5) is 15.4. The van der Waals surface area contributed by atoms with Gasteiger partial charge in [0, 0.05) is 12.2 Å². The Hall–Kier alpha value is -2.14. The van der Waals surface area contributed by atoms with Gasteiger partial charge < -0.3 is 9.67 Å². The lowest BCUT2D eigenvalue weighted by atomic mass is 9.92. The number of hydrogen-bond acceptors (Lipinski definition) is 3. The van der Waals surface area contributed by atoms with Crippen molar-refractivity contribution in [2.45, 2.75) is 46.2 Å². The van der Waals surface area contributed by atoms with Crippen LogP contribution in [0, 0.1) is 18.7 Å². The number of aryl methyl sites for hydroxylation is 1. The van der Waals surface area contributed by atoms with Crippen molar-refractivity contribution < 1.29 is 9.50 Å². The molecule has 3 rings (SSSR count). The second kappa shape index (κ2) is 7.62. The van der Waals surface area contributed by atoms with Crippen LogP contribution in [0.4, 0.5) is 4.39 Å². The molecule has 0 aliphatic carbocycles. The van der Waals surface area contributed by atoms with E-state index in [1.807, 2.05) is 13.8 Å². The number of pyridine rings is 1. The minimum absolute atomic E-state index is 0.0187. The minimum Gasteiger partial charge on any atom is -0.507 e. The molecule has 1 aromatic heterocycles. The number of hydrogen-bond donors (Lipinski definition) is 1. The number of likely N-dealkylation sites (tertiary alicyclic amines) is 1. The molecule has 5 heteroatoms. The predicted molar refractivity (Wildman–Crippen MR) is 101 cm³/mol. The zero-order valence-electron chi connectivity index (χ0n) is 15.7. The Morgan fingerprint density at radius 2 is 1.85 bits per heavy atom. The van der Waals surface area contributed by atoms with Crippen molar-refractivity contribution >= 4 is 0 Å². The quantitative estimate of drug-likeness (QED) is 0.903. The molecule has 1 N–H and O–H groups in total. The van der Waals surface area contributed by atoms with E-state index in [1.54, 1.807) is 22.8 Å². The van der Waals surface area contributed by atoms with Crippen LogP contribution in [0.15, 0.2) is 35.1 Å². The molecule has 1 unspecified atom stereocenters. The second-order valence-electron chi connectivity index (χ2n) is 7.31. The van der Waals surface area contributed by atoms with Crippen LogP contribution >= 0.6 is 0 Å². The molecule has 0 bridgehead atoms. The summed E-state index contributed by atoms with van der Waals surface area (Å²) in [6.45, 7) is 8.22. The van der Waals surface area contributed by atoms with Crippen LogP contribution in [-0.4, -0.2) is 27.7 Å². The van der Waals surface area contributed by atoms with Crippen LogP contribution in [0.3, 0.4) is 0 Å². The highest BCUT2D eigenvalue weighted by Gasteiger charge is 2.31. The van der Waals surface area contributed by atoms with Gasteiger partial charge in [-0.3, -0.25) is 9.69 Å². The summed E-state index contributed by atoms with van der Waals surface area (Å²) in [5, 5.41) is 10.6. The van der Waals surface area contributed by atoms with Gasteiger partial charge in [-0.25, -0.2) is 4.39 Å². The maximum atomic E-state index is 13.4. The number of rotatable bonds is 4. The summed E-state index contributed by atoms with van der Waals surface area (Å²) in [6, 6.07) is 7.55. The van der Waals surface area contributed by atoms with Crippen LogP contribution in [0.1, 0.15) is 49.6 Å². The number of piperidine rings is 1. The highest BCUT2D eigenvalue weighted by atomic mass is 19.1. The molecule has 1 aliphatic heterocycles. The van der Waals surface area contributed by atoms with Gasteiger partial charge in [0.05, 0.1) is 11.6 Å². The third kappa shape index (κ3) is 3.54. The molecular formula is C21H27FN2O2. The second-order valence-corrected chi connectivity index (χ2v) is 7.31. The monoisotopic (exact) mass is 358 g/mol. The average Bonchev–Trinajstić information content (AvgIpc) is 2.61. The molecule has 1 saturated heterocycles. The summed E-state index contributed by atoms with van der Waals surface area (Å²) in [5.74, 6) is 0.364. The van der Waals surface area contributed by atoms with E-state index in [1.165, 1.54) is 12.1 Å². The van der Waals surface area contributed by atoms with E-state index in [0.717, 1.165) is 37.2 Å². The molecule has 0 radical (unpaired) electrons. The third-order valence-corrected chi connectivity index (χ3v) is 5.48. The lowest BCUT2D eigenvalue weighted by molar-refractivity contribution is 0.154. The van der Waals surface area contributed by atoms with Gasteiger partial charge >= 0.3 is 0 Å². The first kappa shape index (κ1) is 18.6. The largest absolute Gasteiger partial charge is 0.507 e. The molecule has 26 heavy (non-hydrogen) atoms. The third-order valence-electron chi connectivity index (χ3n) is 5.48. The Bertz CT molecular complexity index is 821. The summed E-state index contributed by atoms with van der Waals surface area (Å²) in [7, 11) is 0. The maximum Gasteiger partial charge on any atom is 0.259 e. The van der Waals surface area contributed by atoms with E-state index >= 15 is 0 Å². The van der Waals surface area contributed by atoms with Crippen molar-refractivity contribution in [3.8, 4) is 5.75 Å². The number of halogens is 1. The lowest BCUT2D eigenvalue weighted by Crippen LogP contribution is -2.40. The molecule has 0 saturated carbocycles. The van der Waals surface area contributed by atoms with Gasteiger partial charge in [0.25, 0.3) is 5.56 Å². The Balaban J connectivity index is 2.15. The summed E-state index contributed by atoms with van der Waals surface area (Å²) < 4.78 is 15.1. The highest BCUT2D eigenvalue weighted by Crippen LogP contribution is 2.35. The van der Waals surface area contributed by atoms with Crippen molar-refractivity contribution in [3.63, 3.8) is 0 Å². The van der Waals surface area contributed by atoms with E-state index < -0.39 is 0 Å². The standard InChI is InChI=1S/C21H27FN2O2/c1-4-24-15(3)13-18(25)19(21(24)26)20(16-5-7-17(22)8-6-16)23-11-9-14(2)10-12-23/h5-8,13-14,20,25H,4,9-12H2,1-3H3. The first-order valence-electron chi connectivity index (χ1n) is 9.35. The number of aromatic nitrogens is 1. The normalized spacial score (nSPS) is 17.4. The molecule has 2 heterocycles. The Labute approximate surface area is 153 Å². The van der Waals surface area contributed by atoms with Crippen molar-refractivity contribution in [2.75, 3.05) is 13.1 Å². The van der Waals surface area contributed by atoms with Gasteiger partial charge in [0.1, 0.15) is 11.6 Å². The van der Waals surface area contributed by atoms with E-state index in [-0.39, 0.29) is 23.2 Å². The van der Waals surface area contributed by atoms with Crippen LogP contribution in [0.5, 0.6) is 5.75 Å². The Morgan fingerprint density at radius 1 is 1.23 bits per heavy atom. The smallest absolute Gasteiger partial charge is 0.259 e. The zero-order valence-corrected chi connectivity index (χ0v) is 15.7. The highest BCUT2D eigenvalue weighted by molar-refractivity contribution is 5.41. The first-order chi connectivity index (χ1) is 12.4. The number of benzene rings is 1. The fourth-order valence-corrected chi connectivity index (χ4v) is 3.91. The van der Waals surface area contributed by atoms with Gasteiger partial charge in [0.15, 0.2) is 0 Å². The van der Waals surface area contributed by atoms with Crippen molar-refractivity contribution in [3.05, 3.63) is 63.3 Å². The molecular weight excluding hydrogens is 331 g/mol. The first-order valence-corrected chi connectivity index (χ1v) is 9.35. The average molecular weight is 358 g/mol. The van der Waals surface area contributed by atoms with E-state index in [2.05, 4.69) is 11.8 Å². The fraction of sp³-hybridized carbons (Fsp3) is 0.476. The molecule has 2 aromatic rings. The van der Waals surface area contributed by atoms with Gasteiger partial charge in [-0.1, -0.05) is 19.1 Å². The minimum atomic E-state index is -0.367. The topological polar surface area (TPSA) is 45.5 Å². The summed E-state index contributed by atoms with van der Waals surface area (Å²) in [6.07, 6.45) is 2.10. The van der Waals surface area contributed by atoms with Crippen molar-refractivity contribution in [1.29, 1.82) is 0 Å². The maximum absolute atomic E-state index is 13.4. The summed E-state index contributed by atoms with van der Waals surface area (Å²) in [5.41, 5.74) is 1.79. The van der Waals surface area contributed by atoms with E-state index in [0.29, 0.717) is 18.0 Å². The Kier molecular flexibility index (Phi) is 5.47. The number of aromatic hydroxyl groups is 1. The molecule has 140 valence electrons. The van der Waals surface area contributed by atoms with Crippen LogP contribution in [0.25, 0.3) is 0 Å². The molecule has 1 aromatic carbocycles. The zero-order chi connectivity index (χ0) is 18.8. The SMILES string of the molecule is CCn1c(C)cc(O)c(C(c2ccc(F)cc2)N2CCC(C)CC2)c1=O. The molecule has 0 spiro atoms. The summed E-state index contributed by atoms with van der Waals surface area (Å²) >= 11 is 0. The van der Waals surface area contributed by atoms with Crippen LogP contribution < -0.4 is 5.56 Å².